The van der Waals surface area contributed by atoms with Crippen molar-refractivity contribution >= 4 is 0 Å². The van der Waals surface area contributed by atoms with Gasteiger partial charge in [-0.1, -0.05) is 168 Å². The first-order chi connectivity index (χ1) is 18.4. The molecule has 37 heavy (non-hydrogen) atoms. The third kappa shape index (κ3) is 24.0. The lowest BCUT2D eigenvalue weighted by atomic mass is 10.0. The molecule has 216 valence electrons. The van der Waals surface area contributed by atoms with Gasteiger partial charge in [-0.2, -0.15) is 0 Å². The Bertz CT molecular complexity index is 566. The minimum atomic E-state index is 1.20. The Morgan fingerprint density at radius 1 is 0.432 bits per heavy atom. The van der Waals surface area contributed by atoms with Crippen molar-refractivity contribution in [1.29, 1.82) is 0 Å². The number of rotatable bonds is 29. The maximum absolute atomic E-state index is 2.44. The average molecular weight is 515 g/mol. The van der Waals surface area contributed by atoms with Crippen LogP contribution in [0.4, 0.5) is 0 Å². The third-order valence-electron chi connectivity index (χ3n) is 8.26. The molecule has 1 rings (SSSR count). The van der Waals surface area contributed by atoms with Crippen LogP contribution >= 0.6 is 0 Å². The highest BCUT2D eigenvalue weighted by molar-refractivity contribution is 5.05. The van der Waals surface area contributed by atoms with Crippen molar-refractivity contribution < 1.29 is 4.57 Å². The van der Waals surface area contributed by atoms with E-state index in [0.717, 1.165) is 0 Å². The van der Waals surface area contributed by atoms with Crippen molar-refractivity contribution in [3.8, 4) is 0 Å². The van der Waals surface area contributed by atoms with E-state index >= 15 is 0 Å². The fourth-order valence-electron chi connectivity index (χ4n) is 5.70. The molecule has 0 radical (unpaired) electrons. The van der Waals surface area contributed by atoms with Crippen molar-refractivity contribution in [2.24, 2.45) is 0 Å². The summed E-state index contributed by atoms with van der Waals surface area (Å²) in [6.07, 6.45) is 44.8. The zero-order valence-electron chi connectivity index (χ0n) is 25.8. The fourth-order valence-corrected chi connectivity index (χ4v) is 5.70. The molecule has 0 saturated heterocycles. The summed E-state index contributed by atoms with van der Waals surface area (Å²) in [5, 5.41) is 0. The number of aromatic nitrogens is 1. The van der Waals surface area contributed by atoms with E-state index in [9.17, 15) is 0 Å². The van der Waals surface area contributed by atoms with E-state index in [0.29, 0.717) is 0 Å². The lowest BCUT2D eigenvalue weighted by Gasteiger charge is -2.04. The predicted octanol–water partition coefficient (Wildman–Crippen LogP) is 12.1. The number of nitrogens with zero attached hydrogens (tertiary/aromatic N) is 1. The van der Waals surface area contributed by atoms with Gasteiger partial charge in [-0.25, -0.2) is 4.57 Å². The molecule has 1 aromatic rings. The van der Waals surface area contributed by atoms with Gasteiger partial charge in [0, 0.05) is 18.1 Å². The van der Waals surface area contributed by atoms with Crippen molar-refractivity contribution in [1.82, 2.24) is 0 Å². The number of pyridine rings is 1. The van der Waals surface area contributed by atoms with Gasteiger partial charge in [0.05, 0.1) is 0 Å². The molecule has 0 aliphatic rings. The van der Waals surface area contributed by atoms with Crippen LogP contribution in [-0.2, 0) is 13.0 Å². The van der Waals surface area contributed by atoms with E-state index in [1.54, 1.807) is 0 Å². The Labute approximate surface area is 234 Å². The van der Waals surface area contributed by atoms with Crippen LogP contribution in [0.25, 0.3) is 0 Å². The molecule has 0 atom stereocenters. The largest absolute Gasteiger partial charge is 0.205 e. The quantitative estimate of drug-likeness (QED) is 0.0739. The summed E-state index contributed by atoms with van der Waals surface area (Å²) in [6.45, 7) is 5.80. The minimum Gasteiger partial charge on any atom is -0.205 e. The van der Waals surface area contributed by atoms with Gasteiger partial charge in [0.15, 0.2) is 12.4 Å². The third-order valence-corrected chi connectivity index (χ3v) is 8.26. The molecule has 0 amide bonds. The van der Waals surface area contributed by atoms with E-state index in [1.807, 2.05) is 0 Å². The summed E-state index contributed by atoms with van der Waals surface area (Å²) in [4.78, 5) is 0. The molecule has 1 heteroatoms. The van der Waals surface area contributed by atoms with Gasteiger partial charge in [0.25, 0.3) is 0 Å². The van der Waals surface area contributed by atoms with Crippen LogP contribution in [0.5, 0.6) is 0 Å². The van der Waals surface area contributed by atoms with Crippen LogP contribution in [0.1, 0.15) is 193 Å². The summed E-state index contributed by atoms with van der Waals surface area (Å²) >= 11 is 0. The van der Waals surface area contributed by atoms with E-state index in [2.05, 4.69) is 42.9 Å². The number of hydrogen-bond acceptors (Lipinski definition) is 0. The van der Waals surface area contributed by atoms with Gasteiger partial charge in [-0.05, 0) is 25.3 Å². The standard InChI is InChI=1S/C36H68N/c1-3-5-7-9-11-13-15-16-17-18-19-20-21-22-24-26-28-31-36-32-30-34-37(35-36)33-29-27-25-23-14-12-10-8-6-4-2/h30,32,34-35H,3-29,31,33H2,1-2H3/q+1. The first-order valence-corrected chi connectivity index (χ1v) is 17.3. The van der Waals surface area contributed by atoms with Crippen LogP contribution in [0.15, 0.2) is 24.5 Å². The van der Waals surface area contributed by atoms with Gasteiger partial charge in [-0.3, -0.25) is 0 Å². The molecule has 0 unspecified atom stereocenters. The van der Waals surface area contributed by atoms with E-state index < -0.39 is 0 Å². The van der Waals surface area contributed by atoms with Crippen molar-refractivity contribution in [3.63, 3.8) is 0 Å². The SMILES string of the molecule is CCCCCCCCCCCCCCCCCCCc1ccc[n+](CCCCCCCCCCCC)c1. The Hall–Kier alpha value is -0.850. The van der Waals surface area contributed by atoms with E-state index in [4.69, 9.17) is 0 Å². The maximum Gasteiger partial charge on any atom is 0.171 e. The van der Waals surface area contributed by atoms with E-state index in [-0.39, 0.29) is 0 Å². The van der Waals surface area contributed by atoms with E-state index in [1.165, 1.54) is 192 Å². The fraction of sp³-hybridized carbons (Fsp3) is 0.861. The smallest absolute Gasteiger partial charge is 0.171 e. The Morgan fingerprint density at radius 3 is 1.19 bits per heavy atom. The second kappa shape index (κ2) is 28.2. The van der Waals surface area contributed by atoms with Gasteiger partial charge < -0.3 is 0 Å². The van der Waals surface area contributed by atoms with Crippen molar-refractivity contribution in [3.05, 3.63) is 30.1 Å². The molecule has 0 fully saturated rings. The summed E-state index contributed by atoms with van der Waals surface area (Å²) < 4.78 is 2.44. The van der Waals surface area contributed by atoms with Crippen molar-refractivity contribution in [2.75, 3.05) is 0 Å². The topological polar surface area (TPSA) is 3.88 Å². The minimum absolute atomic E-state index is 1.20. The molecule has 1 heterocycles. The average Bonchev–Trinajstić information content (AvgIpc) is 2.92. The maximum atomic E-state index is 2.44. The molecule has 0 saturated carbocycles. The second-order valence-electron chi connectivity index (χ2n) is 12.0. The van der Waals surface area contributed by atoms with Gasteiger partial charge >= 0.3 is 0 Å². The zero-order valence-corrected chi connectivity index (χ0v) is 25.8. The van der Waals surface area contributed by atoms with Crippen LogP contribution in [-0.4, -0.2) is 0 Å². The highest BCUT2D eigenvalue weighted by atomic mass is 14.9. The second-order valence-corrected chi connectivity index (χ2v) is 12.0. The highest BCUT2D eigenvalue weighted by Gasteiger charge is 2.03. The molecule has 1 aromatic heterocycles. The van der Waals surface area contributed by atoms with Gasteiger partial charge in [-0.15, -0.1) is 0 Å². The van der Waals surface area contributed by atoms with Gasteiger partial charge in [0.1, 0.15) is 6.54 Å². The summed E-state index contributed by atoms with van der Waals surface area (Å²) in [5.74, 6) is 0. The lowest BCUT2D eigenvalue weighted by molar-refractivity contribution is -0.697. The molecule has 0 bridgehead atoms. The van der Waals surface area contributed by atoms with Crippen LogP contribution < -0.4 is 4.57 Å². The predicted molar refractivity (Wildman–Crippen MR) is 166 cm³/mol. The van der Waals surface area contributed by atoms with Crippen LogP contribution in [0.3, 0.4) is 0 Å². The Balaban J connectivity index is 1.86. The summed E-state index contributed by atoms with van der Waals surface area (Å²) in [6, 6.07) is 4.60. The number of unbranched alkanes of at least 4 members (excludes halogenated alkanes) is 25. The lowest BCUT2D eigenvalue weighted by Crippen LogP contribution is -2.33. The molecule has 0 aliphatic carbocycles. The summed E-state index contributed by atoms with van der Waals surface area (Å²) in [5.41, 5.74) is 1.54. The first-order valence-electron chi connectivity index (χ1n) is 17.3. The summed E-state index contributed by atoms with van der Waals surface area (Å²) in [7, 11) is 0. The van der Waals surface area contributed by atoms with Crippen LogP contribution in [0, 0.1) is 0 Å². The monoisotopic (exact) mass is 515 g/mol. The Kier molecular flexibility index (Phi) is 26.0. The molecular formula is C36H68N+. The molecular weight excluding hydrogens is 446 g/mol. The Morgan fingerprint density at radius 2 is 0.784 bits per heavy atom. The van der Waals surface area contributed by atoms with Crippen molar-refractivity contribution in [2.45, 2.75) is 200 Å². The zero-order chi connectivity index (χ0) is 26.5. The molecule has 1 nitrogen and oxygen atoms in total. The van der Waals surface area contributed by atoms with Gasteiger partial charge in [0.2, 0.25) is 0 Å². The molecule has 0 aliphatic heterocycles. The normalized spacial score (nSPS) is 11.4. The first kappa shape index (κ1) is 34.2. The highest BCUT2D eigenvalue weighted by Crippen LogP contribution is 2.15. The number of aryl methyl sites for hydroxylation is 2. The molecule has 0 N–H and O–H groups in total. The van der Waals surface area contributed by atoms with Crippen LogP contribution in [0.2, 0.25) is 0 Å². The number of hydrogen-bond donors (Lipinski definition) is 0. The molecule has 0 spiro atoms. The molecule has 0 aromatic carbocycles.